The van der Waals surface area contributed by atoms with Gasteiger partial charge in [0.1, 0.15) is 0 Å². The molecular formula is C22H24N6O. The fourth-order valence-corrected chi connectivity index (χ4v) is 4.09. The Morgan fingerprint density at radius 3 is 2.52 bits per heavy atom. The Kier molecular flexibility index (Phi) is 4.32. The molecule has 3 aromatic heterocycles. The molecule has 4 heterocycles. The summed E-state index contributed by atoms with van der Waals surface area (Å²) < 4.78 is 3.55. The highest BCUT2D eigenvalue weighted by Gasteiger charge is 2.20. The topological polar surface area (TPSA) is 58.7 Å². The Hall–Kier alpha value is -3.19. The minimum Gasteiger partial charge on any atom is -0.308 e. The van der Waals surface area contributed by atoms with Crippen LogP contribution in [0.25, 0.3) is 27.7 Å². The normalized spacial score (nSPS) is 15.4. The summed E-state index contributed by atoms with van der Waals surface area (Å²) in [5.41, 5.74) is 4.66. The maximum atomic E-state index is 13.2. The van der Waals surface area contributed by atoms with Crippen molar-refractivity contribution in [2.24, 2.45) is 0 Å². The van der Waals surface area contributed by atoms with Crippen LogP contribution >= 0.6 is 0 Å². The summed E-state index contributed by atoms with van der Waals surface area (Å²) in [5, 5.41) is 7.50. The van der Waals surface area contributed by atoms with Gasteiger partial charge < -0.3 is 9.91 Å². The molecule has 0 bridgehead atoms. The van der Waals surface area contributed by atoms with Gasteiger partial charge >= 0.3 is 0 Å². The minimum absolute atomic E-state index is 0.0451. The molecule has 7 nitrogen and oxygen atoms in total. The fraction of sp³-hybridized carbons (Fsp3) is 0.318. The van der Waals surface area contributed by atoms with Gasteiger partial charge in [-0.1, -0.05) is 37.3 Å². The Morgan fingerprint density at radius 1 is 1.03 bits per heavy atom. The van der Waals surface area contributed by atoms with E-state index in [0.29, 0.717) is 5.39 Å². The number of benzene rings is 1. The number of hydrogen-bond donors (Lipinski definition) is 0. The molecule has 148 valence electrons. The molecule has 0 saturated carbocycles. The Labute approximate surface area is 168 Å². The first-order chi connectivity index (χ1) is 14.2. The van der Waals surface area contributed by atoms with Gasteiger partial charge in [0.2, 0.25) is 0 Å². The second-order valence-electron chi connectivity index (χ2n) is 7.56. The van der Waals surface area contributed by atoms with Crippen LogP contribution in [0.4, 0.5) is 0 Å². The van der Waals surface area contributed by atoms with E-state index in [1.165, 1.54) is 0 Å². The first-order valence-corrected chi connectivity index (χ1v) is 10.1. The van der Waals surface area contributed by atoms with E-state index in [1.54, 1.807) is 10.9 Å². The molecular weight excluding hydrogens is 364 g/mol. The molecule has 0 atom stereocenters. The number of likely N-dealkylation sites (N-methyl/N-ethyl adjacent to an activating group) is 1. The minimum atomic E-state index is -0.0451. The van der Waals surface area contributed by atoms with E-state index in [1.807, 2.05) is 35.0 Å². The third-order valence-electron chi connectivity index (χ3n) is 5.75. The number of aryl methyl sites for hydroxylation is 1. The lowest BCUT2D eigenvalue weighted by atomic mass is 10.0. The van der Waals surface area contributed by atoms with E-state index in [4.69, 9.17) is 5.10 Å². The van der Waals surface area contributed by atoms with Crippen LogP contribution in [0.15, 0.2) is 53.6 Å². The first kappa shape index (κ1) is 17.9. The number of hydrogen-bond acceptors (Lipinski definition) is 5. The summed E-state index contributed by atoms with van der Waals surface area (Å²) in [6, 6.07) is 12.2. The van der Waals surface area contributed by atoms with E-state index in [9.17, 15) is 4.79 Å². The van der Waals surface area contributed by atoms with Gasteiger partial charge in [0.25, 0.3) is 5.56 Å². The lowest BCUT2D eigenvalue weighted by molar-refractivity contribution is 0.286. The van der Waals surface area contributed by atoms with Crippen molar-refractivity contribution < 1.29 is 0 Å². The van der Waals surface area contributed by atoms with Gasteiger partial charge in [-0.05, 0) is 25.1 Å². The van der Waals surface area contributed by atoms with Crippen LogP contribution in [0.2, 0.25) is 0 Å². The van der Waals surface area contributed by atoms with E-state index in [-0.39, 0.29) is 5.56 Å². The number of nitrogens with zero attached hydrogens (tertiary/aromatic N) is 6. The largest absolute Gasteiger partial charge is 0.308 e. The van der Waals surface area contributed by atoms with E-state index in [2.05, 4.69) is 41.0 Å². The maximum Gasteiger partial charge on any atom is 0.280 e. The van der Waals surface area contributed by atoms with Gasteiger partial charge in [-0.2, -0.15) is 5.10 Å². The first-order valence-electron chi connectivity index (χ1n) is 10.1. The predicted octanol–water partition coefficient (Wildman–Crippen LogP) is 2.16. The summed E-state index contributed by atoms with van der Waals surface area (Å²) in [5.74, 6) is 0. The van der Waals surface area contributed by atoms with Crippen molar-refractivity contribution in [1.29, 1.82) is 0 Å². The van der Waals surface area contributed by atoms with Gasteiger partial charge in [-0.25, -0.2) is 14.2 Å². The monoisotopic (exact) mass is 388 g/mol. The van der Waals surface area contributed by atoms with Crippen LogP contribution in [-0.2, 0) is 6.42 Å². The summed E-state index contributed by atoms with van der Waals surface area (Å²) in [6.45, 7) is 5.65. The van der Waals surface area contributed by atoms with E-state index < -0.39 is 0 Å². The van der Waals surface area contributed by atoms with Crippen molar-refractivity contribution in [2.45, 2.75) is 13.3 Å². The number of fused-ring (bicyclic) bond motifs is 3. The number of piperazine rings is 1. The summed E-state index contributed by atoms with van der Waals surface area (Å²) >= 11 is 0. The summed E-state index contributed by atoms with van der Waals surface area (Å²) in [4.78, 5) is 20.2. The van der Waals surface area contributed by atoms with Gasteiger partial charge in [-0.3, -0.25) is 4.79 Å². The molecule has 0 spiro atoms. The van der Waals surface area contributed by atoms with Crippen LogP contribution in [0.5, 0.6) is 0 Å². The fourth-order valence-electron chi connectivity index (χ4n) is 4.09. The molecule has 0 N–H and O–H groups in total. The van der Waals surface area contributed by atoms with Gasteiger partial charge in [0, 0.05) is 44.1 Å². The van der Waals surface area contributed by atoms with Gasteiger partial charge in [0.05, 0.1) is 16.6 Å². The number of aromatic nitrogens is 4. The highest BCUT2D eigenvalue weighted by molar-refractivity contribution is 5.86. The van der Waals surface area contributed by atoms with E-state index in [0.717, 1.165) is 60.6 Å². The Bertz CT molecular complexity index is 1240. The van der Waals surface area contributed by atoms with Crippen molar-refractivity contribution >= 4 is 16.6 Å². The maximum absolute atomic E-state index is 13.2. The quantitative estimate of drug-likeness (QED) is 0.538. The van der Waals surface area contributed by atoms with Crippen LogP contribution in [0.1, 0.15) is 12.6 Å². The highest BCUT2D eigenvalue weighted by atomic mass is 16.1. The smallest absolute Gasteiger partial charge is 0.280 e. The number of pyridine rings is 1. The molecule has 0 aliphatic carbocycles. The molecule has 4 aromatic rings. The predicted molar refractivity (Wildman–Crippen MR) is 115 cm³/mol. The van der Waals surface area contributed by atoms with Crippen molar-refractivity contribution in [1.82, 2.24) is 24.2 Å². The molecule has 7 heteroatoms. The van der Waals surface area contributed by atoms with Crippen molar-refractivity contribution in [3.05, 3.63) is 64.8 Å². The number of rotatable bonds is 3. The molecule has 0 radical (unpaired) electrons. The molecule has 1 saturated heterocycles. The molecule has 5 rings (SSSR count). The lowest BCUT2D eigenvalue weighted by Gasteiger charge is -2.34. The molecule has 29 heavy (non-hydrogen) atoms. The summed E-state index contributed by atoms with van der Waals surface area (Å²) in [6.07, 6.45) is 4.37. The lowest BCUT2D eigenvalue weighted by Crippen LogP contribution is -2.52. The van der Waals surface area contributed by atoms with Crippen molar-refractivity contribution in [3.8, 4) is 11.1 Å². The highest BCUT2D eigenvalue weighted by Crippen LogP contribution is 2.29. The SMILES string of the molecule is CCc1nn2c(ncc3c(=O)n(N4CCN(C)CC4)ccc32)c1-c1ccccc1. The zero-order valence-electron chi connectivity index (χ0n) is 16.7. The average Bonchev–Trinajstić information content (AvgIpc) is 3.14. The Balaban J connectivity index is 1.69. The zero-order valence-corrected chi connectivity index (χ0v) is 16.7. The molecule has 0 unspecified atom stereocenters. The van der Waals surface area contributed by atoms with Crippen LogP contribution < -0.4 is 10.6 Å². The average molecular weight is 388 g/mol. The van der Waals surface area contributed by atoms with Gasteiger partial charge in [-0.15, -0.1) is 0 Å². The zero-order chi connectivity index (χ0) is 20.0. The molecule has 1 aliphatic rings. The van der Waals surface area contributed by atoms with Crippen LogP contribution in [-0.4, -0.2) is 57.4 Å². The Morgan fingerprint density at radius 2 is 1.79 bits per heavy atom. The van der Waals surface area contributed by atoms with Crippen molar-refractivity contribution in [2.75, 3.05) is 38.2 Å². The molecule has 1 aromatic carbocycles. The van der Waals surface area contributed by atoms with Crippen molar-refractivity contribution in [3.63, 3.8) is 0 Å². The van der Waals surface area contributed by atoms with Gasteiger partial charge in [0.15, 0.2) is 5.65 Å². The third kappa shape index (κ3) is 2.89. The standard InChI is InChI=1S/C22H24N6O/c1-3-18-20(16-7-5-4-6-8-16)21-23-15-17-19(28(21)24-18)9-10-27(22(17)29)26-13-11-25(2)12-14-26/h4-10,15H,3,11-14H2,1-2H3. The molecule has 1 aliphatic heterocycles. The second-order valence-corrected chi connectivity index (χ2v) is 7.56. The second kappa shape index (κ2) is 7.00. The molecule has 0 amide bonds. The van der Waals surface area contributed by atoms with Crippen LogP contribution in [0, 0.1) is 0 Å². The van der Waals surface area contributed by atoms with E-state index >= 15 is 0 Å². The summed E-state index contributed by atoms with van der Waals surface area (Å²) in [7, 11) is 2.11. The molecule has 1 fully saturated rings. The third-order valence-corrected chi connectivity index (χ3v) is 5.75. The van der Waals surface area contributed by atoms with Crippen LogP contribution in [0.3, 0.4) is 0 Å².